The van der Waals surface area contributed by atoms with E-state index in [2.05, 4.69) is 22.9 Å². The third-order valence-corrected chi connectivity index (χ3v) is 3.11. The quantitative estimate of drug-likeness (QED) is 0.849. The van der Waals surface area contributed by atoms with E-state index in [1.54, 1.807) is 6.20 Å². The molecular weight excluding hydrogens is 268 g/mol. The van der Waals surface area contributed by atoms with Gasteiger partial charge in [-0.25, -0.2) is 0 Å². The molecular formula is C16H20N2OS. The molecule has 1 amide bonds. The lowest BCUT2D eigenvalue weighted by molar-refractivity contribution is -0.124. The first kappa shape index (κ1) is 16.2. The topological polar surface area (TPSA) is 42.0 Å². The highest BCUT2D eigenvalue weighted by molar-refractivity contribution is 7.80. The highest BCUT2D eigenvalue weighted by Crippen LogP contribution is 1.98. The molecule has 0 saturated heterocycles. The predicted molar refractivity (Wildman–Crippen MR) is 85.5 cm³/mol. The summed E-state index contributed by atoms with van der Waals surface area (Å²) in [4.78, 5) is 15.5. The molecule has 0 saturated carbocycles. The fourth-order valence-electron chi connectivity index (χ4n) is 1.32. The number of hydrogen-bond acceptors (Lipinski definition) is 3. The number of hydrogen-bond donors (Lipinski definition) is 2. The van der Waals surface area contributed by atoms with E-state index >= 15 is 0 Å². The summed E-state index contributed by atoms with van der Waals surface area (Å²) in [5.74, 6) is 0.529. The average Bonchev–Trinajstić information content (AvgIpc) is 2.55. The maximum Gasteiger partial charge on any atom is 0.223 e. The number of benzene rings is 1. The molecule has 20 heavy (non-hydrogen) atoms. The Hall–Kier alpha value is -1.81. The zero-order valence-corrected chi connectivity index (χ0v) is 12.5. The molecule has 1 aromatic carbocycles. The van der Waals surface area contributed by atoms with Gasteiger partial charge >= 0.3 is 0 Å². The molecule has 0 aliphatic heterocycles. The predicted octanol–water partition coefficient (Wildman–Crippen LogP) is 2.95. The maximum absolute atomic E-state index is 11.4. The molecule has 0 aliphatic rings. The second-order valence-corrected chi connectivity index (χ2v) is 4.64. The highest BCUT2D eigenvalue weighted by Gasteiger charge is 2.09. The minimum Gasteiger partial charge on any atom is -0.350 e. The first-order chi connectivity index (χ1) is 9.74. The van der Waals surface area contributed by atoms with Crippen LogP contribution in [0.3, 0.4) is 0 Å². The van der Waals surface area contributed by atoms with E-state index in [1.165, 1.54) is 0 Å². The maximum atomic E-state index is 11.4. The van der Waals surface area contributed by atoms with E-state index in [1.807, 2.05) is 61.5 Å². The summed E-state index contributed by atoms with van der Waals surface area (Å²) in [7, 11) is 0. The molecule has 0 radical (unpaired) electrons. The van der Waals surface area contributed by atoms with Crippen molar-refractivity contribution in [2.45, 2.75) is 13.5 Å². The number of carbonyl (C=O) groups is 1. The molecule has 1 atom stereocenters. The second kappa shape index (κ2) is 10.0. The van der Waals surface area contributed by atoms with Crippen LogP contribution < -0.4 is 5.32 Å². The Balaban J connectivity index is 0.000000276. The zero-order chi connectivity index (χ0) is 14.6. The van der Waals surface area contributed by atoms with Crippen molar-refractivity contribution < 1.29 is 4.79 Å². The van der Waals surface area contributed by atoms with Crippen molar-refractivity contribution in [2.24, 2.45) is 5.92 Å². The van der Waals surface area contributed by atoms with Gasteiger partial charge in [0.1, 0.15) is 0 Å². The molecule has 1 unspecified atom stereocenters. The van der Waals surface area contributed by atoms with Gasteiger partial charge in [-0.15, -0.1) is 0 Å². The van der Waals surface area contributed by atoms with Gasteiger partial charge < -0.3 is 5.32 Å². The van der Waals surface area contributed by atoms with Gasteiger partial charge in [-0.1, -0.05) is 49.4 Å². The summed E-state index contributed by atoms with van der Waals surface area (Å²) < 4.78 is 0. The van der Waals surface area contributed by atoms with Crippen LogP contribution in [0, 0.1) is 5.92 Å². The Labute approximate surface area is 125 Å². The first-order valence-electron chi connectivity index (χ1n) is 6.52. The summed E-state index contributed by atoms with van der Waals surface area (Å²) in [6.07, 6.45) is 1.71. The van der Waals surface area contributed by atoms with E-state index < -0.39 is 0 Å². The fourth-order valence-corrected chi connectivity index (χ4v) is 1.49. The number of amides is 1. The minimum atomic E-state index is -0.0537. The summed E-state index contributed by atoms with van der Waals surface area (Å²) in [5, 5.41) is 2.80. The lowest BCUT2D eigenvalue weighted by atomic mass is 10.2. The van der Waals surface area contributed by atoms with Gasteiger partial charge in [-0.3, -0.25) is 9.78 Å². The normalized spacial score (nSPS) is 10.9. The molecule has 0 aliphatic carbocycles. The second-order valence-electron chi connectivity index (χ2n) is 4.28. The largest absolute Gasteiger partial charge is 0.350 e. The first-order valence-corrected chi connectivity index (χ1v) is 7.15. The van der Waals surface area contributed by atoms with Crippen LogP contribution in [0.2, 0.25) is 0 Å². The zero-order valence-electron chi connectivity index (χ0n) is 11.6. The SMILES string of the molecule is CC(CS)C(=O)NCc1ccccn1.c1ccccc1. The van der Waals surface area contributed by atoms with E-state index in [-0.39, 0.29) is 11.8 Å². The number of nitrogens with zero attached hydrogens (tertiary/aromatic N) is 1. The Kier molecular flexibility index (Phi) is 8.15. The minimum absolute atomic E-state index is 0.0191. The smallest absolute Gasteiger partial charge is 0.223 e. The van der Waals surface area contributed by atoms with Crippen molar-refractivity contribution in [3.05, 3.63) is 66.5 Å². The van der Waals surface area contributed by atoms with Crippen LogP contribution in [0.5, 0.6) is 0 Å². The van der Waals surface area contributed by atoms with Crippen molar-refractivity contribution in [1.82, 2.24) is 10.3 Å². The molecule has 4 heteroatoms. The van der Waals surface area contributed by atoms with Gasteiger partial charge in [0.2, 0.25) is 5.91 Å². The third-order valence-electron chi connectivity index (χ3n) is 2.56. The van der Waals surface area contributed by atoms with Gasteiger partial charge in [-0.2, -0.15) is 12.6 Å². The van der Waals surface area contributed by atoms with Gasteiger partial charge in [0.15, 0.2) is 0 Å². The van der Waals surface area contributed by atoms with Crippen molar-refractivity contribution in [3.8, 4) is 0 Å². The van der Waals surface area contributed by atoms with E-state index in [0.717, 1.165) is 5.69 Å². The van der Waals surface area contributed by atoms with E-state index in [0.29, 0.717) is 12.3 Å². The van der Waals surface area contributed by atoms with Crippen molar-refractivity contribution in [1.29, 1.82) is 0 Å². The lowest BCUT2D eigenvalue weighted by Gasteiger charge is -2.08. The Bertz CT molecular complexity index is 450. The Morgan fingerprint density at radius 3 is 2.20 bits per heavy atom. The molecule has 1 heterocycles. The van der Waals surface area contributed by atoms with Crippen LogP contribution in [0.25, 0.3) is 0 Å². The molecule has 0 bridgehead atoms. The number of aromatic nitrogens is 1. The number of thiol groups is 1. The molecule has 0 fully saturated rings. The standard InChI is InChI=1S/C10H14N2OS.C6H6/c1-8(7-14)10(13)12-6-9-4-2-3-5-11-9;1-2-4-6-5-3-1/h2-5,8,14H,6-7H2,1H3,(H,12,13);1-6H. The van der Waals surface area contributed by atoms with Crippen molar-refractivity contribution in [3.63, 3.8) is 0 Å². The van der Waals surface area contributed by atoms with Crippen LogP contribution in [0.4, 0.5) is 0 Å². The van der Waals surface area contributed by atoms with E-state index in [9.17, 15) is 4.79 Å². The molecule has 3 nitrogen and oxygen atoms in total. The summed E-state index contributed by atoms with van der Waals surface area (Å²) in [5.41, 5.74) is 0.868. The van der Waals surface area contributed by atoms with Crippen LogP contribution in [-0.2, 0) is 11.3 Å². The molecule has 2 aromatic rings. The van der Waals surface area contributed by atoms with E-state index in [4.69, 9.17) is 0 Å². The van der Waals surface area contributed by atoms with Crippen molar-refractivity contribution in [2.75, 3.05) is 5.75 Å². The monoisotopic (exact) mass is 288 g/mol. The van der Waals surface area contributed by atoms with Gasteiger partial charge in [0.05, 0.1) is 12.2 Å². The van der Waals surface area contributed by atoms with Crippen molar-refractivity contribution >= 4 is 18.5 Å². The van der Waals surface area contributed by atoms with Crippen LogP contribution >= 0.6 is 12.6 Å². The number of pyridine rings is 1. The van der Waals surface area contributed by atoms with Gasteiger partial charge in [0.25, 0.3) is 0 Å². The lowest BCUT2D eigenvalue weighted by Crippen LogP contribution is -2.29. The molecule has 1 aromatic heterocycles. The Morgan fingerprint density at radius 1 is 1.15 bits per heavy atom. The number of nitrogens with one attached hydrogen (secondary N) is 1. The molecule has 2 rings (SSSR count). The Morgan fingerprint density at radius 2 is 1.75 bits per heavy atom. The molecule has 0 spiro atoms. The number of rotatable bonds is 4. The fraction of sp³-hybridized carbons (Fsp3) is 0.250. The van der Waals surface area contributed by atoms with Gasteiger partial charge in [-0.05, 0) is 12.1 Å². The summed E-state index contributed by atoms with van der Waals surface area (Å²) in [6, 6.07) is 17.6. The van der Waals surface area contributed by atoms with Crippen LogP contribution in [0.15, 0.2) is 60.8 Å². The summed E-state index contributed by atoms with van der Waals surface area (Å²) in [6.45, 7) is 2.33. The molecule has 1 N–H and O–H groups in total. The molecule has 106 valence electrons. The average molecular weight is 288 g/mol. The van der Waals surface area contributed by atoms with Crippen LogP contribution in [0.1, 0.15) is 12.6 Å². The van der Waals surface area contributed by atoms with Crippen LogP contribution in [-0.4, -0.2) is 16.6 Å². The number of carbonyl (C=O) groups excluding carboxylic acids is 1. The highest BCUT2D eigenvalue weighted by atomic mass is 32.1. The third kappa shape index (κ3) is 6.95. The summed E-state index contributed by atoms with van der Waals surface area (Å²) >= 11 is 4.06. The van der Waals surface area contributed by atoms with Gasteiger partial charge in [0, 0.05) is 17.9 Å².